The molecule has 1 heterocycles. The highest BCUT2D eigenvalue weighted by Crippen LogP contribution is 2.17. The Balaban J connectivity index is 1.69. The third kappa shape index (κ3) is 3.52. The molecule has 0 aliphatic heterocycles. The van der Waals surface area contributed by atoms with Crippen molar-refractivity contribution in [2.45, 2.75) is 6.10 Å². The van der Waals surface area contributed by atoms with E-state index in [9.17, 15) is 9.18 Å². The maximum atomic E-state index is 13.3. The second kappa shape index (κ2) is 6.80. The van der Waals surface area contributed by atoms with Crippen LogP contribution >= 0.6 is 11.7 Å². The zero-order chi connectivity index (χ0) is 16.2. The molecule has 0 radical (unpaired) electrons. The summed E-state index contributed by atoms with van der Waals surface area (Å²) in [5.74, 6) is -0.573. The summed E-state index contributed by atoms with van der Waals surface area (Å²) < 4.78 is 26.8. The molecule has 118 valence electrons. The number of aromatic nitrogens is 2. The first-order valence-electron chi connectivity index (χ1n) is 6.96. The Morgan fingerprint density at radius 1 is 1.26 bits per heavy atom. The summed E-state index contributed by atoms with van der Waals surface area (Å²) in [6, 6.07) is 11.3. The highest BCUT2D eigenvalue weighted by atomic mass is 32.1. The number of benzene rings is 2. The van der Waals surface area contributed by atoms with Gasteiger partial charge in [0.05, 0.1) is 17.8 Å². The molecule has 7 heteroatoms. The van der Waals surface area contributed by atoms with Crippen LogP contribution in [0.3, 0.4) is 0 Å². The number of nitrogens with one attached hydrogen (secondary N) is 1. The number of carbonyl (C=O) groups is 1. The zero-order valence-corrected chi connectivity index (χ0v) is 13.1. The molecule has 0 unspecified atom stereocenters. The quantitative estimate of drug-likeness (QED) is 0.781. The van der Waals surface area contributed by atoms with Gasteiger partial charge in [0.1, 0.15) is 16.9 Å². The van der Waals surface area contributed by atoms with Gasteiger partial charge in [-0.3, -0.25) is 4.79 Å². The first kappa shape index (κ1) is 15.5. The summed E-state index contributed by atoms with van der Waals surface area (Å²) >= 11 is 1.11. The standard InChI is InChI=1S/C16H14FN3O2S/c1-22-15(10-3-2-4-12(17)7-10)9-18-16(21)11-5-6-13-14(8-11)20-23-19-13/h2-8,15H,9H2,1H3,(H,18,21)/t15-/m1/s1. The van der Waals surface area contributed by atoms with Gasteiger partial charge < -0.3 is 10.1 Å². The average Bonchev–Trinajstić information content (AvgIpc) is 3.03. The van der Waals surface area contributed by atoms with Crippen LogP contribution < -0.4 is 5.32 Å². The van der Waals surface area contributed by atoms with Crippen LogP contribution in [-0.2, 0) is 4.74 Å². The molecule has 1 N–H and O–H groups in total. The van der Waals surface area contributed by atoms with Gasteiger partial charge in [-0.05, 0) is 35.9 Å². The largest absolute Gasteiger partial charge is 0.375 e. The third-order valence-corrected chi connectivity index (χ3v) is 4.03. The van der Waals surface area contributed by atoms with Crippen LogP contribution in [0, 0.1) is 5.82 Å². The molecule has 1 aromatic heterocycles. The van der Waals surface area contributed by atoms with E-state index < -0.39 is 6.10 Å². The Morgan fingerprint density at radius 2 is 2.09 bits per heavy atom. The topological polar surface area (TPSA) is 64.1 Å². The molecule has 0 saturated heterocycles. The fraction of sp³-hybridized carbons (Fsp3) is 0.188. The number of methoxy groups -OCH3 is 1. The fourth-order valence-electron chi connectivity index (χ4n) is 2.25. The first-order valence-corrected chi connectivity index (χ1v) is 7.69. The molecule has 0 saturated carbocycles. The number of hydrogen-bond donors (Lipinski definition) is 1. The fourth-order valence-corrected chi connectivity index (χ4v) is 2.77. The molecule has 3 rings (SSSR count). The lowest BCUT2D eigenvalue weighted by atomic mass is 10.1. The minimum absolute atomic E-state index is 0.238. The van der Waals surface area contributed by atoms with Crippen LogP contribution in [0.4, 0.5) is 4.39 Å². The molecule has 5 nitrogen and oxygen atoms in total. The Morgan fingerprint density at radius 3 is 2.87 bits per heavy atom. The van der Waals surface area contributed by atoms with Gasteiger partial charge in [-0.15, -0.1) is 0 Å². The van der Waals surface area contributed by atoms with Crippen molar-refractivity contribution < 1.29 is 13.9 Å². The first-order chi connectivity index (χ1) is 11.2. The molecular weight excluding hydrogens is 317 g/mol. The van der Waals surface area contributed by atoms with Crippen LogP contribution in [0.15, 0.2) is 42.5 Å². The van der Waals surface area contributed by atoms with E-state index >= 15 is 0 Å². The van der Waals surface area contributed by atoms with Crippen molar-refractivity contribution in [3.63, 3.8) is 0 Å². The van der Waals surface area contributed by atoms with Gasteiger partial charge in [0.25, 0.3) is 5.91 Å². The van der Waals surface area contributed by atoms with E-state index in [1.54, 1.807) is 30.3 Å². The van der Waals surface area contributed by atoms with E-state index in [0.29, 0.717) is 16.6 Å². The maximum absolute atomic E-state index is 13.3. The van der Waals surface area contributed by atoms with Gasteiger partial charge in [0, 0.05) is 19.2 Å². The van der Waals surface area contributed by atoms with Gasteiger partial charge in [-0.2, -0.15) is 8.75 Å². The Bertz CT molecular complexity index is 837. The zero-order valence-electron chi connectivity index (χ0n) is 12.3. The summed E-state index contributed by atoms with van der Waals surface area (Å²) in [6.45, 7) is 0.242. The minimum atomic E-state index is -0.417. The number of nitrogens with zero attached hydrogens (tertiary/aromatic N) is 2. The number of hydrogen-bond acceptors (Lipinski definition) is 5. The molecule has 0 aliphatic carbocycles. The molecule has 0 bridgehead atoms. The van der Waals surface area contributed by atoms with Crippen molar-refractivity contribution in [2.24, 2.45) is 0 Å². The van der Waals surface area contributed by atoms with Gasteiger partial charge in [0.2, 0.25) is 0 Å². The van der Waals surface area contributed by atoms with Crippen molar-refractivity contribution >= 4 is 28.7 Å². The lowest BCUT2D eigenvalue weighted by molar-refractivity contribution is 0.0827. The lowest BCUT2D eigenvalue weighted by Gasteiger charge is -2.16. The minimum Gasteiger partial charge on any atom is -0.375 e. The Kier molecular flexibility index (Phi) is 4.59. The number of carbonyl (C=O) groups excluding carboxylic acids is 1. The summed E-state index contributed by atoms with van der Waals surface area (Å²) in [7, 11) is 1.52. The van der Waals surface area contributed by atoms with Crippen LogP contribution in [-0.4, -0.2) is 28.3 Å². The van der Waals surface area contributed by atoms with Gasteiger partial charge in [0.15, 0.2) is 0 Å². The molecule has 23 heavy (non-hydrogen) atoms. The summed E-state index contributed by atoms with van der Waals surface area (Å²) in [6.07, 6.45) is -0.417. The van der Waals surface area contributed by atoms with Gasteiger partial charge in [-0.1, -0.05) is 12.1 Å². The van der Waals surface area contributed by atoms with Gasteiger partial charge >= 0.3 is 0 Å². The monoisotopic (exact) mass is 331 g/mol. The number of ether oxygens (including phenoxy) is 1. The lowest BCUT2D eigenvalue weighted by Crippen LogP contribution is -2.29. The second-order valence-electron chi connectivity index (χ2n) is 4.96. The number of rotatable bonds is 5. The van der Waals surface area contributed by atoms with Crippen LogP contribution in [0.5, 0.6) is 0 Å². The van der Waals surface area contributed by atoms with Crippen molar-refractivity contribution in [1.82, 2.24) is 14.1 Å². The van der Waals surface area contributed by atoms with Crippen LogP contribution in [0.25, 0.3) is 11.0 Å². The van der Waals surface area contributed by atoms with E-state index in [4.69, 9.17) is 4.74 Å². The van der Waals surface area contributed by atoms with Crippen molar-refractivity contribution in [3.8, 4) is 0 Å². The van der Waals surface area contributed by atoms with E-state index in [2.05, 4.69) is 14.1 Å². The van der Waals surface area contributed by atoms with E-state index in [1.807, 2.05) is 0 Å². The predicted octanol–water partition coefficient (Wildman–Crippen LogP) is 2.95. The summed E-state index contributed by atoms with van der Waals surface area (Å²) in [5.41, 5.74) is 2.63. The molecule has 1 atom stereocenters. The van der Waals surface area contributed by atoms with E-state index in [-0.39, 0.29) is 18.3 Å². The van der Waals surface area contributed by atoms with Gasteiger partial charge in [-0.25, -0.2) is 4.39 Å². The molecule has 0 fully saturated rings. The molecule has 3 aromatic rings. The maximum Gasteiger partial charge on any atom is 0.251 e. The highest BCUT2D eigenvalue weighted by Gasteiger charge is 2.14. The molecule has 0 spiro atoms. The number of fused-ring (bicyclic) bond motifs is 1. The SMILES string of the molecule is CO[C@H](CNC(=O)c1ccc2nsnc2c1)c1cccc(F)c1. The highest BCUT2D eigenvalue weighted by molar-refractivity contribution is 7.00. The Labute approximate surface area is 136 Å². The molecule has 2 aromatic carbocycles. The van der Waals surface area contributed by atoms with Crippen molar-refractivity contribution in [1.29, 1.82) is 0 Å². The van der Waals surface area contributed by atoms with Crippen molar-refractivity contribution in [2.75, 3.05) is 13.7 Å². The normalized spacial score (nSPS) is 12.3. The molecule has 0 aliphatic rings. The average molecular weight is 331 g/mol. The van der Waals surface area contributed by atoms with Crippen LogP contribution in [0.2, 0.25) is 0 Å². The van der Waals surface area contributed by atoms with Crippen molar-refractivity contribution in [3.05, 3.63) is 59.4 Å². The Hall–Kier alpha value is -2.38. The summed E-state index contributed by atoms with van der Waals surface area (Å²) in [4.78, 5) is 12.2. The smallest absolute Gasteiger partial charge is 0.251 e. The van der Waals surface area contributed by atoms with E-state index in [1.165, 1.54) is 19.2 Å². The summed E-state index contributed by atoms with van der Waals surface area (Å²) in [5, 5.41) is 2.79. The second-order valence-corrected chi connectivity index (χ2v) is 5.49. The molecular formula is C16H14FN3O2S. The number of amides is 1. The third-order valence-electron chi connectivity index (χ3n) is 3.47. The molecule has 1 amide bonds. The number of halogens is 1. The van der Waals surface area contributed by atoms with E-state index in [0.717, 1.165) is 17.2 Å². The van der Waals surface area contributed by atoms with Crippen LogP contribution in [0.1, 0.15) is 22.0 Å². The predicted molar refractivity (Wildman–Crippen MR) is 85.9 cm³/mol.